The van der Waals surface area contributed by atoms with E-state index in [9.17, 15) is 18.7 Å². The summed E-state index contributed by atoms with van der Waals surface area (Å²) in [5.41, 5.74) is 6.08. The Morgan fingerprint density at radius 3 is 2.67 bits per heavy atom. The van der Waals surface area contributed by atoms with Gasteiger partial charge in [0.1, 0.15) is 5.75 Å². The van der Waals surface area contributed by atoms with Gasteiger partial charge in [-0.3, -0.25) is 4.79 Å². The van der Waals surface area contributed by atoms with Gasteiger partial charge in [-0.05, 0) is 30.7 Å². The number of amides is 1. The zero-order chi connectivity index (χ0) is 13.7. The number of nitrogens with zero attached hydrogens (tertiary/aromatic N) is 1. The van der Waals surface area contributed by atoms with Gasteiger partial charge in [0.25, 0.3) is 12.3 Å². The first kappa shape index (κ1) is 14.4. The van der Waals surface area contributed by atoms with Crippen molar-refractivity contribution in [1.29, 1.82) is 0 Å². The molecule has 0 radical (unpaired) electrons. The predicted molar refractivity (Wildman–Crippen MR) is 63.8 cm³/mol. The molecule has 0 aliphatic rings. The van der Waals surface area contributed by atoms with E-state index in [1.165, 1.54) is 18.2 Å². The Hall–Kier alpha value is -1.69. The number of hydrogen-bond acceptors (Lipinski definition) is 3. The third kappa shape index (κ3) is 3.66. The standard InChI is InChI=1S/C12H16F2N2O2/c1-8-6-9(2-3-10(8)17)12(18)16(5-4-15)7-11(13)14/h2-3,6,11,17H,4-5,7,15H2,1H3. The van der Waals surface area contributed by atoms with Crippen molar-refractivity contribution in [2.24, 2.45) is 5.73 Å². The SMILES string of the molecule is Cc1cc(C(=O)N(CCN)CC(F)F)ccc1O. The van der Waals surface area contributed by atoms with E-state index in [0.717, 1.165) is 4.90 Å². The fraction of sp³-hybridized carbons (Fsp3) is 0.417. The quantitative estimate of drug-likeness (QED) is 0.838. The maximum Gasteiger partial charge on any atom is 0.255 e. The van der Waals surface area contributed by atoms with Crippen LogP contribution in [0.3, 0.4) is 0 Å². The summed E-state index contributed by atoms with van der Waals surface area (Å²) in [4.78, 5) is 13.0. The number of benzene rings is 1. The molecule has 4 nitrogen and oxygen atoms in total. The number of nitrogens with two attached hydrogens (primary N) is 1. The van der Waals surface area contributed by atoms with Gasteiger partial charge < -0.3 is 15.7 Å². The Morgan fingerprint density at radius 1 is 1.50 bits per heavy atom. The average molecular weight is 258 g/mol. The van der Waals surface area contributed by atoms with E-state index in [0.29, 0.717) is 5.56 Å². The number of phenols is 1. The van der Waals surface area contributed by atoms with Gasteiger partial charge in [-0.2, -0.15) is 0 Å². The van der Waals surface area contributed by atoms with Crippen molar-refractivity contribution in [2.75, 3.05) is 19.6 Å². The summed E-state index contributed by atoms with van der Waals surface area (Å²) >= 11 is 0. The molecule has 0 saturated carbocycles. The highest BCUT2D eigenvalue weighted by Crippen LogP contribution is 2.18. The average Bonchev–Trinajstić information content (AvgIpc) is 2.31. The van der Waals surface area contributed by atoms with Crippen molar-refractivity contribution in [3.05, 3.63) is 29.3 Å². The van der Waals surface area contributed by atoms with Crippen molar-refractivity contribution in [2.45, 2.75) is 13.3 Å². The monoisotopic (exact) mass is 258 g/mol. The minimum absolute atomic E-state index is 0.0609. The summed E-state index contributed by atoms with van der Waals surface area (Å²) in [6, 6.07) is 4.23. The molecular formula is C12H16F2N2O2. The lowest BCUT2D eigenvalue weighted by Crippen LogP contribution is -2.38. The number of aromatic hydroxyl groups is 1. The van der Waals surface area contributed by atoms with Gasteiger partial charge in [0.15, 0.2) is 0 Å². The minimum atomic E-state index is -2.60. The Morgan fingerprint density at radius 2 is 2.17 bits per heavy atom. The second-order valence-corrected chi connectivity index (χ2v) is 3.93. The maximum atomic E-state index is 12.4. The molecule has 0 fully saturated rings. The van der Waals surface area contributed by atoms with Crippen LogP contribution in [0, 0.1) is 6.92 Å². The number of aryl methyl sites for hydroxylation is 1. The molecule has 1 rings (SSSR count). The van der Waals surface area contributed by atoms with Gasteiger partial charge in [0, 0.05) is 18.7 Å². The highest BCUT2D eigenvalue weighted by atomic mass is 19.3. The van der Waals surface area contributed by atoms with Crippen LogP contribution in [-0.4, -0.2) is 42.0 Å². The highest BCUT2D eigenvalue weighted by Gasteiger charge is 2.19. The molecule has 1 aromatic carbocycles. The van der Waals surface area contributed by atoms with Gasteiger partial charge in [0.05, 0.1) is 6.54 Å². The molecule has 0 aromatic heterocycles. The lowest BCUT2D eigenvalue weighted by molar-refractivity contribution is 0.0563. The smallest absolute Gasteiger partial charge is 0.255 e. The van der Waals surface area contributed by atoms with Crippen LogP contribution in [0.15, 0.2) is 18.2 Å². The van der Waals surface area contributed by atoms with E-state index in [-0.39, 0.29) is 24.4 Å². The first-order valence-corrected chi connectivity index (χ1v) is 5.52. The van der Waals surface area contributed by atoms with Crippen molar-refractivity contribution in [3.8, 4) is 5.75 Å². The lowest BCUT2D eigenvalue weighted by atomic mass is 10.1. The highest BCUT2D eigenvalue weighted by molar-refractivity contribution is 5.94. The Balaban J connectivity index is 2.90. The topological polar surface area (TPSA) is 66.6 Å². The Kier molecular flexibility index (Phi) is 5.03. The normalized spacial score (nSPS) is 10.7. The van der Waals surface area contributed by atoms with Crippen LogP contribution in [-0.2, 0) is 0 Å². The van der Waals surface area contributed by atoms with Crippen LogP contribution in [0.4, 0.5) is 8.78 Å². The summed E-state index contributed by atoms with van der Waals surface area (Å²) in [6.07, 6.45) is -2.60. The molecule has 0 aliphatic heterocycles. The van der Waals surface area contributed by atoms with Crippen LogP contribution >= 0.6 is 0 Å². The second kappa shape index (κ2) is 6.30. The third-order valence-electron chi connectivity index (χ3n) is 2.49. The molecule has 0 bridgehead atoms. The minimum Gasteiger partial charge on any atom is -0.508 e. The summed E-state index contributed by atoms with van der Waals surface area (Å²) in [6.45, 7) is 1.18. The largest absolute Gasteiger partial charge is 0.508 e. The van der Waals surface area contributed by atoms with E-state index in [1.54, 1.807) is 6.92 Å². The summed E-state index contributed by atoms with van der Waals surface area (Å²) in [7, 11) is 0. The number of carbonyl (C=O) groups excluding carboxylic acids is 1. The van der Waals surface area contributed by atoms with Crippen LogP contribution in [0.25, 0.3) is 0 Å². The number of halogens is 2. The zero-order valence-corrected chi connectivity index (χ0v) is 10.1. The van der Waals surface area contributed by atoms with E-state index in [1.807, 2.05) is 0 Å². The van der Waals surface area contributed by atoms with E-state index >= 15 is 0 Å². The third-order valence-corrected chi connectivity index (χ3v) is 2.49. The van der Waals surface area contributed by atoms with Crippen LogP contribution in [0.5, 0.6) is 5.75 Å². The van der Waals surface area contributed by atoms with Crippen LogP contribution in [0.2, 0.25) is 0 Å². The van der Waals surface area contributed by atoms with Crippen molar-refractivity contribution in [3.63, 3.8) is 0 Å². The van der Waals surface area contributed by atoms with Gasteiger partial charge in [-0.15, -0.1) is 0 Å². The maximum absolute atomic E-state index is 12.4. The number of alkyl halides is 2. The first-order chi connectivity index (χ1) is 8.45. The summed E-state index contributed by atoms with van der Waals surface area (Å²) in [5.74, 6) is -0.449. The predicted octanol–water partition coefficient (Wildman–Crippen LogP) is 1.37. The van der Waals surface area contributed by atoms with Gasteiger partial charge in [-0.1, -0.05) is 0 Å². The molecular weight excluding hydrogens is 242 g/mol. The van der Waals surface area contributed by atoms with Crippen LogP contribution in [0.1, 0.15) is 15.9 Å². The number of carbonyl (C=O) groups is 1. The number of hydrogen-bond donors (Lipinski definition) is 2. The van der Waals surface area contributed by atoms with Gasteiger partial charge >= 0.3 is 0 Å². The Labute approximate surface area is 104 Å². The molecule has 3 N–H and O–H groups in total. The van der Waals surface area contributed by atoms with Crippen molar-refractivity contribution in [1.82, 2.24) is 4.90 Å². The molecule has 0 unspecified atom stereocenters. The summed E-state index contributed by atoms with van der Waals surface area (Å²) < 4.78 is 24.7. The zero-order valence-electron chi connectivity index (χ0n) is 10.1. The van der Waals surface area contributed by atoms with Crippen LogP contribution < -0.4 is 5.73 Å². The first-order valence-electron chi connectivity index (χ1n) is 5.52. The molecule has 0 heterocycles. The molecule has 0 saturated heterocycles. The van der Waals surface area contributed by atoms with E-state index < -0.39 is 18.9 Å². The van der Waals surface area contributed by atoms with E-state index in [4.69, 9.17) is 5.73 Å². The fourth-order valence-electron chi connectivity index (χ4n) is 1.57. The molecule has 0 spiro atoms. The number of phenolic OH excluding ortho intramolecular Hbond substituents is 1. The van der Waals surface area contributed by atoms with Gasteiger partial charge in [-0.25, -0.2) is 8.78 Å². The van der Waals surface area contributed by atoms with E-state index in [2.05, 4.69) is 0 Å². The molecule has 6 heteroatoms. The molecule has 0 aliphatic carbocycles. The van der Waals surface area contributed by atoms with Gasteiger partial charge in [0.2, 0.25) is 0 Å². The molecule has 18 heavy (non-hydrogen) atoms. The molecule has 1 aromatic rings. The van der Waals surface area contributed by atoms with Crippen molar-refractivity contribution < 1.29 is 18.7 Å². The molecule has 0 atom stereocenters. The Bertz CT molecular complexity index is 425. The summed E-state index contributed by atoms with van der Waals surface area (Å²) in [5, 5.41) is 9.35. The second-order valence-electron chi connectivity index (χ2n) is 3.93. The molecule has 100 valence electrons. The lowest BCUT2D eigenvalue weighted by Gasteiger charge is -2.21. The molecule has 1 amide bonds. The van der Waals surface area contributed by atoms with Crippen molar-refractivity contribution >= 4 is 5.91 Å². The fourth-order valence-corrected chi connectivity index (χ4v) is 1.57. The number of rotatable bonds is 5.